The first-order valence-electron chi connectivity index (χ1n) is 6.90. The lowest BCUT2D eigenvalue weighted by Gasteiger charge is -2.03. The van der Waals surface area contributed by atoms with Crippen LogP contribution in [0.25, 0.3) is 5.69 Å². The monoisotopic (exact) mass is 272 g/mol. The van der Waals surface area contributed by atoms with E-state index in [-0.39, 0.29) is 5.91 Å². The van der Waals surface area contributed by atoms with Crippen LogP contribution < -0.4 is 11.1 Å². The fourth-order valence-corrected chi connectivity index (χ4v) is 1.88. The number of hydrogen-bond donors (Lipinski definition) is 2. The minimum absolute atomic E-state index is 0.129. The number of nitrogens with zero attached hydrogens (tertiary/aromatic N) is 2. The van der Waals surface area contributed by atoms with Crippen molar-refractivity contribution in [1.29, 1.82) is 0 Å². The molecule has 0 aliphatic carbocycles. The van der Waals surface area contributed by atoms with Crippen molar-refractivity contribution in [3.8, 4) is 5.69 Å². The van der Waals surface area contributed by atoms with Gasteiger partial charge in [0.1, 0.15) is 0 Å². The van der Waals surface area contributed by atoms with Crippen LogP contribution in [0.5, 0.6) is 0 Å². The SMILES string of the molecule is CCCCCNC(=O)c1ccn(-c2ccc(N)cc2)n1. The molecular weight excluding hydrogens is 252 g/mol. The van der Waals surface area contributed by atoms with Crippen LogP contribution in [0.3, 0.4) is 0 Å². The summed E-state index contributed by atoms with van der Waals surface area (Å²) in [6, 6.07) is 9.06. The highest BCUT2D eigenvalue weighted by Crippen LogP contribution is 2.10. The quantitative estimate of drug-likeness (QED) is 0.626. The summed E-state index contributed by atoms with van der Waals surface area (Å²) in [6.45, 7) is 2.83. The van der Waals surface area contributed by atoms with E-state index in [2.05, 4.69) is 17.3 Å². The van der Waals surface area contributed by atoms with Gasteiger partial charge in [0.2, 0.25) is 0 Å². The van der Waals surface area contributed by atoms with Crippen LogP contribution in [0.4, 0.5) is 5.69 Å². The number of nitrogen functional groups attached to an aromatic ring is 1. The average Bonchev–Trinajstić information content (AvgIpc) is 2.94. The van der Waals surface area contributed by atoms with E-state index in [9.17, 15) is 4.79 Å². The number of unbranched alkanes of at least 4 members (excludes halogenated alkanes) is 2. The van der Waals surface area contributed by atoms with E-state index < -0.39 is 0 Å². The molecule has 3 N–H and O–H groups in total. The van der Waals surface area contributed by atoms with Crippen LogP contribution in [0.2, 0.25) is 0 Å². The molecule has 5 nitrogen and oxygen atoms in total. The summed E-state index contributed by atoms with van der Waals surface area (Å²) in [6.07, 6.45) is 5.04. The number of aromatic nitrogens is 2. The molecule has 5 heteroatoms. The van der Waals surface area contributed by atoms with Crippen LogP contribution in [-0.2, 0) is 0 Å². The number of nitrogens with two attached hydrogens (primary N) is 1. The predicted molar refractivity (Wildman–Crippen MR) is 79.8 cm³/mol. The van der Waals surface area contributed by atoms with Crippen LogP contribution in [0.15, 0.2) is 36.5 Å². The van der Waals surface area contributed by atoms with Gasteiger partial charge in [0, 0.05) is 18.4 Å². The molecule has 0 unspecified atom stereocenters. The second kappa shape index (κ2) is 6.75. The summed E-state index contributed by atoms with van der Waals surface area (Å²) < 4.78 is 1.67. The first-order chi connectivity index (χ1) is 9.70. The third-order valence-electron chi connectivity index (χ3n) is 3.05. The van der Waals surface area contributed by atoms with Crippen LogP contribution in [0.1, 0.15) is 36.7 Å². The lowest BCUT2D eigenvalue weighted by molar-refractivity contribution is 0.0947. The van der Waals surface area contributed by atoms with Crippen LogP contribution in [-0.4, -0.2) is 22.2 Å². The average molecular weight is 272 g/mol. The van der Waals surface area contributed by atoms with E-state index in [0.29, 0.717) is 17.9 Å². The van der Waals surface area contributed by atoms with Gasteiger partial charge in [-0.05, 0) is 36.8 Å². The van der Waals surface area contributed by atoms with Crippen molar-refractivity contribution >= 4 is 11.6 Å². The fourth-order valence-electron chi connectivity index (χ4n) is 1.88. The Morgan fingerprint density at radius 2 is 2.00 bits per heavy atom. The second-order valence-corrected chi connectivity index (χ2v) is 4.70. The van der Waals surface area contributed by atoms with Gasteiger partial charge in [-0.3, -0.25) is 4.79 Å². The maximum Gasteiger partial charge on any atom is 0.271 e. The standard InChI is InChI=1S/C15H20N4O/c1-2-3-4-10-17-15(20)14-9-11-19(18-14)13-7-5-12(16)6-8-13/h5-9,11H,2-4,10,16H2,1H3,(H,17,20). The normalized spacial score (nSPS) is 10.4. The Kier molecular flexibility index (Phi) is 4.76. The number of hydrogen-bond acceptors (Lipinski definition) is 3. The second-order valence-electron chi connectivity index (χ2n) is 4.70. The lowest BCUT2D eigenvalue weighted by Crippen LogP contribution is -2.25. The van der Waals surface area contributed by atoms with E-state index in [1.54, 1.807) is 16.9 Å². The Hall–Kier alpha value is -2.30. The number of anilines is 1. The molecule has 1 heterocycles. The molecule has 0 atom stereocenters. The Bertz CT molecular complexity index is 560. The smallest absolute Gasteiger partial charge is 0.271 e. The van der Waals surface area contributed by atoms with E-state index in [1.165, 1.54) is 0 Å². The molecule has 2 rings (SSSR count). The summed E-state index contributed by atoms with van der Waals surface area (Å²) in [7, 11) is 0. The van der Waals surface area contributed by atoms with Crippen LogP contribution in [0, 0.1) is 0 Å². The number of carbonyl (C=O) groups is 1. The van der Waals surface area contributed by atoms with Gasteiger partial charge in [-0.15, -0.1) is 0 Å². The molecule has 0 aliphatic rings. The zero-order valence-corrected chi connectivity index (χ0v) is 11.7. The maximum atomic E-state index is 11.9. The Morgan fingerprint density at radius 3 is 2.70 bits per heavy atom. The molecule has 1 amide bonds. The van der Waals surface area contributed by atoms with Gasteiger partial charge >= 0.3 is 0 Å². The van der Waals surface area contributed by atoms with Gasteiger partial charge < -0.3 is 11.1 Å². The van der Waals surface area contributed by atoms with Crippen molar-refractivity contribution in [1.82, 2.24) is 15.1 Å². The first-order valence-corrected chi connectivity index (χ1v) is 6.90. The summed E-state index contributed by atoms with van der Waals surface area (Å²) in [5.74, 6) is -0.129. The number of rotatable bonds is 6. The van der Waals surface area contributed by atoms with Gasteiger partial charge in [0.15, 0.2) is 5.69 Å². The van der Waals surface area contributed by atoms with E-state index in [4.69, 9.17) is 5.73 Å². The van der Waals surface area contributed by atoms with Gasteiger partial charge in [0.25, 0.3) is 5.91 Å². The Balaban J connectivity index is 1.98. The van der Waals surface area contributed by atoms with Crippen molar-refractivity contribution in [2.75, 3.05) is 12.3 Å². The minimum atomic E-state index is -0.129. The molecule has 0 saturated heterocycles. The molecule has 0 aliphatic heterocycles. The topological polar surface area (TPSA) is 72.9 Å². The van der Waals surface area contributed by atoms with Gasteiger partial charge in [-0.1, -0.05) is 19.8 Å². The number of carbonyl (C=O) groups excluding carboxylic acids is 1. The first kappa shape index (κ1) is 14.1. The molecule has 0 saturated carbocycles. The number of amides is 1. The summed E-state index contributed by atoms with van der Waals surface area (Å²) in [5.41, 5.74) is 7.66. The zero-order chi connectivity index (χ0) is 14.4. The molecule has 0 radical (unpaired) electrons. The largest absolute Gasteiger partial charge is 0.399 e. The molecule has 0 bridgehead atoms. The molecule has 2 aromatic rings. The van der Waals surface area contributed by atoms with Crippen molar-refractivity contribution in [2.45, 2.75) is 26.2 Å². The van der Waals surface area contributed by atoms with Gasteiger partial charge in [-0.2, -0.15) is 5.10 Å². The molecule has 20 heavy (non-hydrogen) atoms. The third kappa shape index (κ3) is 3.60. The summed E-state index contributed by atoms with van der Waals surface area (Å²) >= 11 is 0. The predicted octanol–water partition coefficient (Wildman–Crippen LogP) is 2.37. The Labute approximate surface area is 118 Å². The maximum absolute atomic E-state index is 11.9. The van der Waals surface area contributed by atoms with E-state index in [1.807, 2.05) is 24.3 Å². The zero-order valence-electron chi connectivity index (χ0n) is 11.7. The Morgan fingerprint density at radius 1 is 1.25 bits per heavy atom. The number of nitrogens with one attached hydrogen (secondary N) is 1. The number of benzene rings is 1. The van der Waals surface area contributed by atoms with Gasteiger partial charge in [-0.25, -0.2) is 4.68 Å². The molecule has 0 fully saturated rings. The van der Waals surface area contributed by atoms with Crippen LogP contribution >= 0.6 is 0 Å². The highest BCUT2D eigenvalue weighted by atomic mass is 16.1. The fraction of sp³-hybridized carbons (Fsp3) is 0.333. The molecule has 0 spiro atoms. The van der Waals surface area contributed by atoms with Crippen molar-refractivity contribution < 1.29 is 4.79 Å². The molecule has 106 valence electrons. The van der Waals surface area contributed by atoms with E-state index in [0.717, 1.165) is 24.9 Å². The van der Waals surface area contributed by atoms with Gasteiger partial charge in [0.05, 0.1) is 5.69 Å². The summed E-state index contributed by atoms with van der Waals surface area (Å²) in [4.78, 5) is 11.9. The highest BCUT2D eigenvalue weighted by Gasteiger charge is 2.09. The summed E-state index contributed by atoms with van der Waals surface area (Å²) in [5, 5.41) is 7.15. The van der Waals surface area contributed by atoms with Crippen molar-refractivity contribution in [3.05, 3.63) is 42.2 Å². The highest BCUT2D eigenvalue weighted by molar-refractivity contribution is 5.92. The molecule has 1 aromatic carbocycles. The molecular formula is C15H20N4O. The lowest BCUT2D eigenvalue weighted by atomic mass is 10.2. The molecule has 1 aromatic heterocycles. The van der Waals surface area contributed by atoms with E-state index >= 15 is 0 Å². The van der Waals surface area contributed by atoms with Crippen molar-refractivity contribution in [3.63, 3.8) is 0 Å². The minimum Gasteiger partial charge on any atom is -0.399 e. The third-order valence-corrected chi connectivity index (χ3v) is 3.05. The van der Waals surface area contributed by atoms with Crippen molar-refractivity contribution in [2.24, 2.45) is 0 Å².